The van der Waals surface area contributed by atoms with Crippen LogP contribution in [0, 0.1) is 6.92 Å². The molecule has 4 rings (SSSR count). The molecular formula is C28H40N4O2. The van der Waals surface area contributed by atoms with Gasteiger partial charge in [-0.2, -0.15) is 0 Å². The molecule has 0 aliphatic carbocycles. The molecule has 1 atom stereocenters. The standard InChI is InChI=1S/C28H40N4O2/c1-5-32(25-11-17-34-28(19-25)12-15-31(16-13-28)21(2)3)27(33)23-10-9-22(4)26(18-23)30-20-24-8-6-7-14-29-24/h6-10,14,18,21,25,30H,5,11-13,15-17,19-20H2,1-4H3/t25-/m0/s1. The molecule has 0 bridgehead atoms. The lowest BCUT2D eigenvalue weighted by molar-refractivity contribution is -0.131. The van der Waals surface area contributed by atoms with Gasteiger partial charge in [0.2, 0.25) is 0 Å². The number of pyridine rings is 1. The first-order valence-electron chi connectivity index (χ1n) is 12.8. The maximum absolute atomic E-state index is 13.7. The Balaban J connectivity index is 1.45. The van der Waals surface area contributed by atoms with Crippen LogP contribution in [0.4, 0.5) is 5.69 Å². The van der Waals surface area contributed by atoms with Gasteiger partial charge in [-0.1, -0.05) is 12.1 Å². The van der Waals surface area contributed by atoms with Crippen molar-refractivity contribution in [1.29, 1.82) is 0 Å². The van der Waals surface area contributed by atoms with Crippen LogP contribution in [0.25, 0.3) is 0 Å². The Labute approximate surface area is 204 Å². The fraction of sp³-hybridized carbons (Fsp3) is 0.571. The molecule has 6 heteroatoms. The van der Waals surface area contributed by atoms with Gasteiger partial charge < -0.3 is 19.9 Å². The number of hydrogen-bond acceptors (Lipinski definition) is 5. The number of benzene rings is 1. The summed E-state index contributed by atoms with van der Waals surface area (Å²) in [5.41, 5.74) is 3.75. The zero-order valence-corrected chi connectivity index (χ0v) is 21.2. The molecule has 184 valence electrons. The van der Waals surface area contributed by atoms with Gasteiger partial charge in [-0.05, 0) is 83.2 Å². The average Bonchev–Trinajstić information content (AvgIpc) is 2.85. The van der Waals surface area contributed by atoms with E-state index in [9.17, 15) is 4.79 Å². The Morgan fingerprint density at radius 1 is 1.26 bits per heavy atom. The van der Waals surface area contributed by atoms with Gasteiger partial charge in [0, 0.05) is 55.8 Å². The summed E-state index contributed by atoms with van der Waals surface area (Å²) in [5.74, 6) is 0.116. The Kier molecular flexibility index (Phi) is 7.89. The molecule has 1 amide bonds. The lowest BCUT2D eigenvalue weighted by atomic mass is 9.81. The van der Waals surface area contributed by atoms with E-state index in [-0.39, 0.29) is 17.6 Å². The molecule has 1 aromatic carbocycles. The molecule has 6 nitrogen and oxygen atoms in total. The molecule has 0 radical (unpaired) electrons. The van der Waals surface area contributed by atoms with Crippen LogP contribution in [0.15, 0.2) is 42.6 Å². The van der Waals surface area contributed by atoms with Crippen LogP contribution in [0.5, 0.6) is 0 Å². The van der Waals surface area contributed by atoms with Crippen LogP contribution in [0.3, 0.4) is 0 Å². The topological polar surface area (TPSA) is 57.7 Å². The number of amides is 1. The fourth-order valence-electron chi connectivity index (χ4n) is 5.43. The second kappa shape index (κ2) is 10.9. The van der Waals surface area contributed by atoms with Gasteiger partial charge in [-0.3, -0.25) is 9.78 Å². The summed E-state index contributed by atoms with van der Waals surface area (Å²) in [6.45, 7) is 12.9. The maximum Gasteiger partial charge on any atom is 0.254 e. The maximum atomic E-state index is 13.7. The average molecular weight is 465 g/mol. The van der Waals surface area contributed by atoms with E-state index < -0.39 is 0 Å². The van der Waals surface area contributed by atoms with Gasteiger partial charge in [0.15, 0.2) is 0 Å². The van der Waals surface area contributed by atoms with Gasteiger partial charge in [-0.15, -0.1) is 0 Å². The largest absolute Gasteiger partial charge is 0.379 e. The van der Waals surface area contributed by atoms with Crippen molar-refractivity contribution in [3.8, 4) is 0 Å². The zero-order valence-electron chi connectivity index (χ0n) is 21.2. The molecule has 0 saturated carbocycles. The zero-order chi connectivity index (χ0) is 24.1. The lowest BCUT2D eigenvalue weighted by Crippen LogP contribution is -2.55. The minimum Gasteiger partial charge on any atom is -0.379 e. The van der Waals surface area contributed by atoms with Gasteiger partial charge in [0.25, 0.3) is 5.91 Å². The van der Waals surface area contributed by atoms with E-state index in [0.717, 1.165) is 67.9 Å². The molecule has 2 aliphatic heterocycles. The minimum atomic E-state index is -0.0787. The van der Waals surface area contributed by atoms with Gasteiger partial charge in [0.1, 0.15) is 0 Å². The van der Waals surface area contributed by atoms with Crippen molar-refractivity contribution in [2.45, 2.75) is 77.6 Å². The second-order valence-corrected chi connectivity index (χ2v) is 10.1. The number of hydrogen-bond donors (Lipinski definition) is 1. The number of rotatable bonds is 7. The summed E-state index contributed by atoms with van der Waals surface area (Å²) < 4.78 is 6.37. The van der Waals surface area contributed by atoms with Crippen LogP contribution in [-0.4, -0.2) is 64.6 Å². The summed E-state index contributed by atoms with van der Waals surface area (Å²) in [4.78, 5) is 22.7. The third-order valence-corrected chi connectivity index (χ3v) is 7.62. The van der Waals surface area contributed by atoms with E-state index in [1.54, 1.807) is 6.20 Å². The molecule has 2 fully saturated rings. The quantitative estimate of drug-likeness (QED) is 0.633. The number of carbonyl (C=O) groups is 1. The third-order valence-electron chi connectivity index (χ3n) is 7.62. The van der Waals surface area contributed by atoms with Crippen molar-refractivity contribution in [3.05, 3.63) is 59.4 Å². The Hall–Kier alpha value is -2.44. The Morgan fingerprint density at radius 2 is 2.06 bits per heavy atom. The molecule has 0 unspecified atom stereocenters. The fourth-order valence-corrected chi connectivity index (χ4v) is 5.43. The molecule has 1 aromatic heterocycles. The van der Waals surface area contributed by atoms with Crippen LogP contribution < -0.4 is 5.32 Å². The molecule has 3 heterocycles. The SMILES string of the molecule is CCN(C(=O)c1ccc(C)c(NCc2ccccn2)c1)[C@H]1CCOC2(CCN(C(C)C)CC2)C1. The van der Waals surface area contributed by atoms with Crippen molar-refractivity contribution in [2.24, 2.45) is 0 Å². The second-order valence-electron chi connectivity index (χ2n) is 10.1. The smallest absolute Gasteiger partial charge is 0.254 e. The van der Waals surface area contributed by atoms with Crippen LogP contribution in [-0.2, 0) is 11.3 Å². The first-order valence-corrected chi connectivity index (χ1v) is 12.8. The van der Waals surface area contributed by atoms with Crippen LogP contribution in [0.1, 0.15) is 68.1 Å². The first-order chi connectivity index (χ1) is 16.4. The highest BCUT2D eigenvalue weighted by molar-refractivity contribution is 5.95. The number of aromatic nitrogens is 1. The first kappa shape index (κ1) is 24.7. The summed E-state index contributed by atoms with van der Waals surface area (Å²) in [7, 11) is 0. The van der Waals surface area contributed by atoms with Crippen molar-refractivity contribution in [2.75, 3.05) is 31.6 Å². The molecule has 1 spiro atoms. The molecule has 34 heavy (non-hydrogen) atoms. The van der Waals surface area contributed by atoms with Crippen LogP contribution >= 0.6 is 0 Å². The van der Waals surface area contributed by atoms with E-state index in [0.29, 0.717) is 19.1 Å². The van der Waals surface area contributed by atoms with E-state index in [4.69, 9.17) is 4.74 Å². The lowest BCUT2D eigenvalue weighted by Gasteiger charge is -2.49. The Bertz CT molecular complexity index is 954. The van der Waals surface area contributed by atoms with Crippen molar-refractivity contribution >= 4 is 11.6 Å². The number of aryl methyl sites for hydroxylation is 1. The van der Waals surface area contributed by atoms with E-state index in [2.05, 4.69) is 47.8 Å². The van der Waals surface area contributed by atoms with E-state index in [1.165, 1.54) is 0 Å². The number of carbonyl (C=O) groups excluding carboxylic acids is 1. The number of nitrogens with zero attached hydrogens (tertiary/aromatic N) is 3. The van der Waals surface area contributed by atoms with Gasteiger partial charge in [0.05, 0.1) is 17.8 Å². The van der Waals surface area contributed by atoms with Crippen molar-refractivity contribution in [3.63, 3.8) is 0 Å². The highest BCUT2D eigenvalue weighted by Gasteiger charge is 2.42. The van der Waals surface area contributed by atoms with Gasteiger partial charge in [-0.25, -0.2) is 0 Å². The van der Waals surface area contributed by atoms with Crippen molar-refractivity contribution in [1.82, 2.24) is 14.8 Å². The normalized spacial score (nSPS) is 20.4. The molecule has 1 N–H and O–H groups in total. The molecule has 2 aromatic rings. The Morgan fingerprint density at radius 3 is 2.74 bits per heavy atom. The summed E-state index contributed by atoms with van der Waals surface area (Å²) in [5, 5.41) is 3.46. The third kappa shape index (κ3) is 5.61. The van der Waals surface area contributed by atoms with Crippen LogP contribution in [0.2, 0.25) is 0 Å². The summed E-state index contributed by atoms with van der Waals surface area (Å²) in [6, 6.07) is 12.7. The summed E-state index contributed by atoms with van der Waals surface area (Å²) >= 11 is 0. The number of piperidine rings is 1. The number of anilines is 1. The van der Waals surface area contributed by atoms with E-state index >= 15 is 0 Å². The number of ether oxygens (including phenoxy) is 1. The van der Waals surface area contributed by atoms with E-state index in [1.807, 2.05) is 36.4 Å². The predicted octanol–water partition coefficient (Wildman–Crippen LogP) is 4.89. The monoisotopic (exact) mass is 464 g/mol. The van der Waals surface area contributed by atoms with Crippen molar-refractivity contribution < 1.29 is 9.53 Å². The number of likely N-dealkylation sites (tertiary alicyclic amines) is 1. The predicted molar refractivity (Wildman–Crippen MR) is 137 cm³/mol. The summed E-state index contributed by atoms with van der Waals surface area (Å²) in [6.07, 6.45) is 5.76. The number of nitrogens with one attached hydrogen (secondary N) is 1. The minimum absolute atomic E-state index is 0.0787. The molecule has 2 saturated heterocycles. The van der Waals surface area contributed by atoms with Gasteiger partial charge >= 0.3 is 0 Å². The highest BCUT2D eigenvalue weighted by Crippen LogP contribution is 2.37. The highest BCUT2D eigenvalue weighted by atomic mass is 16.5. The molecular weight excluding hydrogens is 424 g/mol. The molecule has 2 aliphatic rings.